The molecule has 104 valence electrons. The third-order valence-electron chi connectivity index (χ3n) is 2.27. The van der Waals surface area contributed by atoms with Gasteiger partial charge in [-0.3, -0.25) is 4.79 Å². The molecular formula is C12H13Cl2NO4. The van der Waals surface area contributed by atoms with Crippen molar-refractivity contribution in [2.75, 3.05) is 13.7 Å². The lowest BCUT2D eigenvalue weighted by Gasteiger charge is -2.14. The normalized spacial score (nSPS) is 11.9. The number of halogens is 2. The van der Waals surface area contributed by atoms with E-state index in [2.05, 4.69) is 10.1 Å². The molecule has 0 aromatic heterocycles. The number of methoxy groups -OCH3 is 1. The molecule has 0 bridgehead atoms. The lowest BCUT2D eigenvalue weighted by molar-refractivity contribution is -0.142. The summed E-state index contributed by atoms with van der Waals surface area (Å²) in [5, 5.41) is 12.2. The molecule has 0 aliphatic heterocycles. The molecule has 1 aromatic carbocycles. The zero-order chi connectivity index (χ0) is 14.4. The maximum absolute atomic E-state index is 11.3. The number of carboxylic acid groups (broad SMARTS) is 1. The number of ether oxygens (including phenoxy) is 1. The van der Waals surface area contributed by atoms with Crippen LogP contribution in [0.5, 0.6) is 0 Å². The van der Waals surface area contributed by atoms with E-state index < -0.39 is 17.9 Å². The molecule has 7 heteroatoms. The van der Waals surface area contributed by atoms with E-state index in [-0.39, 0.29) is 13.0 Å². The van der Waals surface area contributed by atoms with Crippen molar-refractivity contribution in [1.29, 1.82) is 0 Å². The summed E-state index contributed by atoms with van der Waals surface area (Å²) >= 11 is 11.7. The first-order chi connectivity index (χ1) is 8.92. The number of carbonyl (C=O) groups excluding carboxylic acids is 1. The third kappa shape index (κ3) is 5.46. The van der Waals surface area contributed by atoms with Gasteiger partial charge in [0.25, 0.3) is 0 Å². The fraction of sp³-hybridized carbons (Fsp3) is 0.333. The van der Waals surface area contributed by atoms with Gasteiger partial charge in [0.05, 0.1) is 0 Å². The van der Waals surface area contributed by atoms with Crippen molar-refractivity contribution < 1.29 is 19.4 Å². The zero-order valence-corrected chi connectivity index (χ0v) is 11.7. The van der Waals surface area contributed by atoms with Crippen LogP contribution in [0.1, 0.15) is 5.56 Å². The summed E-state index contributed by atoms with van der Waals surface area (Å²) in [6.45, 7) is -0.194. The molecule has 1 rings (SSSR count). The number of benzene rings is 1. The second kappa shape index (κ2) is 7.33. The molecule has 1 amide bonds. The lowest BCUT2D eigenvalue weighted by atomic mass is 10.1. The van der Waals surface area contributed by atoms with Crippen LogP contribution in [0.2, 0.25) is 10.0 Å². The SMILES string of the molecule is COCC(=O)NC(Cc1cc(Cl)cc(Cl)c1)C(=O)O. The van der Waals surface area contributed by atoms with Gasteiger partial charge in [-0.2, -0.15) is 0 Å². The quantitative estimate of drug-likeness (QED) is 0.839. The fourth-order valence-electron chi connectivity index (χ4n) is 1.53. The van der Waals surface area contributed by atoms with Gasteiger partial charge in [-0.15, -0.1) is 0 Å². The highest BCUT2D eigenvalue weighted by molar-refractivity contribution is 6.34. The van der Waals surface area contributed by atoms with E-state index in [1.807, 2.05) is 0 Å². The van der Waals surface area contributed by atoms with Crippen LogP contribution in [-0.2, 0) is 20.7 Å². The van der Waals surface area contributed by atoms with E-state index in [1.54, 1.807) is 18.2 Å². The second-order valence-corrected chi connectivity index (χ2v) is 4.75. The van der Waals surface area contributed by atoms with E-state index in [0.29, 0.717) is 15.6 Å². The monoisotopic (exact) mass is 305 g/mol. The summed E-state index contributed by atoms with van der Waals surface area (Å²) in [6, 6.07) is 3.70. The Morgan fingerprint density at radius 3 is 2.37 bits per heavy atom. The predicted octanol–water partition coefficient (Wildman–Crippen LogP) is 1.75. The van der Waals surface area contributed by atoms with Gasteiger partial charge in [0.2, 0.25) is 5.91 Å². The van der Waals surface area contributed by atoms with Gasteiger partial charge in [-0.25, -0.2) is 4.79 Å². The highest BCUT2D eigenvalue weighted by Crippen LogP contribution is 2.20. The van der Waals surface area contributed by atoms with Crippen LogP contribution in [0.15, 0.2) is 18.2 Å². The van der Waals surface area contributed by atoms with Gasteiger partial charge >= 0.3 is 5.97 Å². The molecule has 0 saturated heterocycles. The van der Waals surface area contributed by atoms with Gasteiger partial charge in [0.1, 0.15) is 12.6 Å². The van der Waals surface area contributed by atoms with Crippen LogP contribution < -0.4 is 5.32 Å². The number of hydrogen-bond acceptors (Lipinski definition) is 3. The predicted molar refractivity (Wildman–Crippen MR) is 71.6 cm³/mol. The van der Waals surface area contributed by atoms with Crippen LogP contribution in [0.4, 0.5) is 0 Å². The Morgan fingerprint density at radius 2 is 1.89 bits per heavy atom. The molecule has 0 radical (unpaired) electrons. The molecule has 1 aromatic rings. The van der Waals surface area contributed by atoms with Crippen LogP contribution in [0.3, 0.4) is 0 Å². The minimum Gasteiger partial charge on any atom is -0.480 e. The minimum atomic E-state index is -1.14. The molecule has 1 unspecified atom stereocenters. The van der Waals surface area contributed by atoms with E-state index in [4.69, 9.17) is 28.3 Å². The topological polar surface area (TPSA) is 75.6 Å². The maximum atomic E-state index is 11.3. The molecule has 1 atom stereocenters. The fourth-order valence-corrected chi connectivity index (χ4v) is 2.10. The van der Waals surface area contributed by atoms with Crippen molar-refractivity contribution in [3.8, 4) is 0 Å². The summed E-state index contributed by atoms with van der Waals surface area (Å²) in [6.07, 6.45) is 0.0884. The first kappa shape index (κ1) is 15.8. The highest BCUT2D eigenvalue weighted by Gasteiger charge is 2.20. The number of amides is 1. The Bertz CT molecular complexity index is 459. The van der Waals surface area contributed by atoms with Crippen molar-refractivity contribution in [1.82, 2.24) is 5.32 Å². The minimum absolute atomic E-state index is 0.0884. The van der Waals surface area contributed by atoms with Crippen molar-refractivity contribution >= 4 is 35.1 Å². The van der Waals surface area contributed by atoms with Crippen LogP contribution in [-0.4, -0.2) is 36.7 Å². The van der Waals surface area contributed by atoms with Gasteiger partial charge in [-0.05, 0) is 23.8 Å². The van der Waals surface area contributed by atoms with Crippen molar-refractivity contribution in [3.63, 3.8) is 0 Å². The van der Waals surface area contributed by atoms with Gasteiger partial charge < -0.3 is 15.2 Å². The van der Waals surface area contributed by atoms with Crippen LogP contribution in [0, 0.1) is 0 Å². The first-order valence-electron chi connectivity index (χ1n) is 5.38. The van der Waals surface area contributed by atoms with Crippen LogP contribution in [0.25, 0.3) is 0 Å². The molecule has 0 spiro atoms. The largest absolute Gasteiger partial charge is 0.480 e. The van der Waals surface area contributed by atoms with E-state index in [0.717, 1.165) is 0 Å². The van der Waals surface area contributed by atoms with E-state index in [1.165, 1.54) is 7.11 Å². The van der Waals surface area contributed by atoms with Crippen molar-refractivity contribution in [3.05, 3.63) is 33.8 Å². The summed E-state index contributed by atoms with van der Waals surface area (Å²) in [4.78, 5) is 22.4. The highest BCUT2D eigenvalue weighted by atomic mass is 35.5. The number of nitrogens with one attached hydrogen (secondary N) is 1. The maximum Gasteiger partial charge on any atom is 0.326 e. The average molecular weight is 306 g/mol. The summed E-state index contributed by atoms with van der Waals surface area (Å²) < 4.78 is 4.63. The molecular weight excluding hydrogens is 293 g/mol. The molecule has 5 nitrogen and oxygen atoms in total. The summed E-state index contributed by atoms with van der Waals surface area (Å²) in [7, 11) is 1.35. The molecule has 2 N–H and O–H groups in total. The lowest BCUT2D eigenvalue weighted by Crippen LogP contribution is -2.43. The second-order valence-electron chi connectivity index (χ2n) is 3.87. The molecule has 0 saturated carbocycles. The number of hydrogen-bond donors (Lipinski definition) is 2. The Kier molecular flexibility index (Phi) is 6.08. The van der Waals surface area contributed by atoms with Crippen LogP contribution >= 0.6 is 23.2 Å². The Balaban J connectivity index is 2.78. The number of aliphatic carboxylic acids is 1. The first-order valence-corrected chi connectivity index (χ1v) is 6.14. The van der Waals surface area contributed by atoms with E-state index in [9.17, 15) is 9.59 Å². The van der Waals surface area contributed by atoms with Crippen molar-refractivity contribution in [2.45, 2.75) is 12.5 Å². The summed E-state index contributed by atoms with van der Waals surface area (Å²) in [5.41, 5.74) is 0.627. The van der Waals surface area contributed by atoms with Gasteiger partial charge in [-0.1, -0.05) is 23.2 Å². The molecule has 0 aliphatic carbocycles. The number of carboxylic acids is 1. The Labute approximate surface area is 120 Å². The van der Waals surface area contributed by atoms with E-state index >= 15 is 0 Å². The molecule has 19 heavy (non-hydrogen) atoms. The number of rotatable bonds is 6. The molecule has 0 heterocycles. The average Bonchev–Trinajstić information content (AvgIpc) is 2.26. The Hall–Kier alpha value is -1.30. The third-order valence-corrected chi connectivity index (χ3v) is 2.71. The summed E-state index contributed by atoms with van der Waals surface area (Å²) in [5.74, 6) is -1.64. The van der Waals surface area contributed by atoms with Gasteiger partial charge in [0, 0.05) is 23.6 Å². The molecule has 0 aliphatic rings. The number of carbonyl (C=O) groups is 2. The van der Waals surface area contributed by atoms with Gasteiger partial charge in [0.15, 0.2) is 0 Å². The molecule has 0 fully saturated rings. The Morgan fingerprint density at radius 1 is 1.32 bits per heavy atom. The van der Waals surface area contributed by atoms with Crippen molar-refractivity contribution in [2.24, 2.45) is 0 Å². The zero-order valence-electron chi connectivity index (χ0n) is 10.2. The smallest absolute Gasteiger partial charge is 0.326 e. The standard InChI is InChI=1S/C12H13Cl2NO4/c1-19-6-11(16)15-10(12(17)18)4-7-2-8(13)5-9(14)3-7/h2-3,5,10H,4,6H2,1H3,(H,15,16)(H,17,18).